The van der Waals surface area contributed by atoms with Crippen LogP contribution < -0.4 is 4.74 Å². The van der Waals surface area contributed by atoms with Gasteiger partial charge in [-0.2, -0.15) is 12.6 Å². The lowest BCUT2D eigenvalue weighted by atomic mass is 10.2. The average molecular weight is 318 g/mol. The van der Waals surface area contributed by atoms with Gasteiger partial charge in [-0.25, -0.2) is 0 Å². The number of hydrogen-bond donors (Lipinski definition) is 1. The predicted octanol–water partition coefficient (Wildman–Crippen LogP) is 3.45. The van der Waals surface area contributed by atoms with Gasteiger partial charge in [-0.15, -0.1) is 0 Å². The van der Waals surface area contributed by atoms with Crippen molar-refractivity contribution in [3.63, 3.8) is 0 Å². The highest BCUT2D eigenvalue weighted by Gasteiger charge is 2.42. The van der Waals surface area contributed by atoms with Crippen molar-refractivity contribution in [1.29, 1.82) is 0 Å². The number of hydrogen-bond acceptors (Lipinski definition) is 4. The molecule has 0 saturated heterocycles. The molecule has 17 heavy (non-hydrogen) atoms. The molecule has 4 nitrogen and oxygen atoms in total. The van der Waals surface area contributed by atoms with Crippen LogP contribution in [-0.4, -0.2) is 17.3 Å². The number of nitro benzene ring substituents is 1. The molecule has 0 aliphatic heterocycles. The van der Waals surface area contributed by atoms with E-state index in [4.69, 9.17) is 4.74 Å². The molecule has 1 aliphatic rings. The molecule has 0 amide bonds. The van der Waals surface area contributed by atoms with Gasteiger partial charge in [0.05, 0.1) is 11.5 Å². The second-order valence-electron chi connectivity index (χ2n) is 4.32. The third-order valence-corrected chi connectivity index (χ3v) is 4.11. The van der Waals surface area contributed by atoms with E-state index in [0.717, 1.165) is 18.6 Å². The molecule has 0 bridgehead atoms. The summed E-state index contributed by atoms with van der Waals surface area (Å²) in [5.41, 5.74) is 0.124. The van der Waals surface area contributed by atoms with Gasteiger partial charge < -0.3 is 4.74 Å². The van der Waals surface area contributed by atoms with Crippen molar-refractivity contribution in [1.82, 2.24) is 0 Å². The zero-order valence-corrected chi connectivity index (χ0v) is 11.5. The first-order valence-corrected chi connectivity index (χ1v) is 6.66. The van der Waals surface area contributed by atoms with Gasteiger partial charge in [-0.05, 0) is 30.7 Å². The van der Waals surface area contributed by atoms with Gasteiger partial charge in [-0.3, -0.25) is 10.1 Å². The first-order valence-electron chi connectivity index (χ1n) is 5.24. The molecule has 0 N–H and O–H groups in total. The molecule has 0 unspecified atom stereocenters. The molecular weight excluding hydrogens is 306 g/mol. The second kappa shape index (κ2) is 4.86. The third kappa shape index (κ3) is 2.93. The minimum atomic E-state index is -0.430. The van der Waals surface area contributed by atoms with Crippen molar-refractivity contribution in [3.8, 4) is 5.75 Å². The van der Waals surface area contributed by atoms with E-state index in [1.54, 1.807) is 12.1 Å². The standard InChI is InChI=1S/C11H12BrNO3S/c12-8-1-2-10(9(5-8)13(14)15)16-6-11(7-17)3-4-11/h1-2,5,17H,3-4,6-7H2. The Bertz CT molecular complexity index is 448. The summed E-state index contributed by atoms with van der Waals surface area (Å²) >= 11 is 7.48. The van der Waals surface area contributed by atoms with Gasteiger partial charge in [0, 0.05) is 16.0 Å². The number of rotatable bonds is 5. The van der Waals surface area contributed by atoms with Crippen LogP contribution in [0.5, 0.6) is 5.75 Å². The lowest BCUT2D eigenvalue weighted by Crippen LogP contribution is -2.15. The predicted molar refractivity (Wildman–Crippen MR) is 71.8 cm³/mol. The average Bonchev–Trinajstić information content (AvgIpc) is 3.08. The second-order valence-corrected chi connectivity index (χ2v) is 5.55. The van der Waals surface area contributed by atoms with Crippen molar-refractivity contribution in [3.05, 3.63) is 32.8 Å². The van der Waals surface area contributed by atoms with E-state index in [9.17, 15) is 10.1 Å². The van der Waals surface area contributed by atoms with Crippen LogP contribution in [0.2, 0.25) is 0 Å². The van der Waals surface area contributed by atoms with Crippen LogP contribution in [0, 0.1) is 15.5 Å². The van der Waals surface area contributed by atoms with Crippen LogP contribution >= 0.6 is 28.6 Å². The first kappa shape index (κ1) is 12.7. The van der Waals surface area contributed by atoms with Crippen molar-refractivity contribution in [2.24, 2.45) is 5.41 Å². The maximum atomic E-state index is 10.9. The van der Waals surface area contributed by atoms with E-state index in [2.05, 4.69) is 28.6 Å². The van der Waals surface area contributed by atoms with Gasteiger partial charge in [0.1, 0.15) is 0 Å². The number of nitrogens with zero attached hydrogens (tertiary/aromatic N) is 1. The summed E-state index contributed by atoms with van der Waals surface area (Å²) in [6.45, 7) is 0.499. The SMILES string of the molecule is O=[N+]([O-])c1cc(Br)ccc1OCC1(CS)CC1. The van der Waals surface area contributed by atoms with Crippen LogP contribution in [0.4, 0.5) is 5.69 Å². The van der Waals surface area contributed by atoms with Crippen LogP contribution in [0.15, 0.2) is 22.7 Å². The Balaban J connectivity index is 2.12. The van der Waals surface area contributed by atoms with Crippen molar-refractivity contribution < 1.29 is 9.66 Å². The minimum absolute atomic E-state index is 0.00524. The van der Waals surface area contributed by atoms with Crippen LogP contribution in [0.3, 0.4) is 0 Å². The first-order chi connectivity index (χ1) is 8.06. The van der Waals surface area contributed by atoms with E-state index in [-0.39, 0.29) is 11.1 Å². The number of thiol groups is 1. The lowest BCUT2D eigenvalue weighted by molar-refractivity contribution is -0.386. The molecule has 2 rings (SSSR count). The van der Waals surface area contributed by atoms with Crippen LogP contribution in [0.25, 0.3) is 0 Å². The van der Waals surface area contributed by atoms with Crippen molar-refractivity contribution in [2.75, 3.05) is 12.4 Å². The fourth-order valence-corrected chi connectivity index (χ4v) is 2.27. The zero-order chi connectivity index (χ0) is 12.5. The highest BCUT2D eigenvalue weighted by molar-refractivity contribution is 9.10. The lowest BCUT2D eigenvalue weighted by Gasteiger charge is -2.13. The van der Waals surface area contributed by atoms with E-state index in [1.807, 2.05) is 0 Å². The fourth-order valence-electron chi connectivity index (χ4n) is 1.51. The Morgan fingerprint density at radius 3 is 2.76 bits per heavy atom. The van der Waals surface area contributed by atoms with Gasteiger partial charge in [-0.1, -0.05) is 15.9 Å². The number of halogens is 1. The summed E-state index contributed by atoms with van der Waals surface area (Å²) in [5.74, 6) is 1.09. The topological polar surface area (TPSA) is 52.4 Å². The van der Waals surface area contributed by atoms with E-state index in [0.29, 0.717) is 16.8 Å². The van der Waals surface area contributed by atoms with Gasteiger partial charge in [0.25, 0.3) is 0 Å². The van der Waals surface area contributed by atoms with Crippen molar-refractivity contribution in [2.45, 2.75) is 12.8 Å². The van der Waals surface area contributed by atoms with Crippen molar-refractivity contribution >= 4 is 34.2 Å². The molecule has 1 aliphatic carbocycles. The maximum absolute atomic E-state index is 10.9. The van der Waals surface area contributed by atoms with Gasteiger partial charge >= 0.3 is 5.69 Å². The van der Waals surface area contributed by atoms with E-state index in [1.165, 1.54) is 6.07 Å². The molecule has 6 heteroatoms. The highest BCUT2D eigenvalue weighted by Crippen LogP contribution is 2.47. The highest BCUT2D eigenvalue weighted by atomic mass is 79.9. The smallest absolute Gasteiger partial charge is 0.312 e. The maximum Gasteiger partial charge on any atom is 0.312 e. The summed E-state index contributed by atoms with van der Waals surface area (Å²) in [7, 11) is 0. The molecular formula is C11H12BrNO3S. The van der Waals surface area contributed by atoms with Gasteiger partial charge in [0.2, 0.25) is 0 Å². The quantitative estimate of drug-likeness (QED) is 0.514. The fraction of sp³-hybridized carbons (Fsp3) is 0.455. The third-order valence-electron chi connectivity index (χ3n) is 2.94. The summed E-state index contributed by atoms with van der Waals surface area (Å²) in [4.78, 5) is 10.4. The zero-order valence-electron chi connectivity index (χ0n) is 9.06. The Labute approximate surface area is 113 Å². The Morgan fingerprint density at radius 1 is 1.53 bits per heavy atom. The number of ether oxygens (including phenoxy) is 1. The monoisotopic (exact) mass is 317 g/mol. The summed E-state index contributed by atoms with van der Waals surface area (Å²) < 4.78 is 6.23. The van der Waals surface area contributed by atoms with E-state index >= 15 is 0 Å². The Morgan fingerprint density at radius 2 is 2.24 bits per heavy atom. The Kier molecular flexibility index (Phi) is 3.63. The Hall–Kier alpha value is -0.750. The summed E-state index contributed by atoms with van der Waals surface area (Å²) in [6, 6.07) is 4.81. The van der Waals surface area contributed by atoms with Crippen LogP contribution in [0.1, 0.15) is 12.8 Å². The molecule has 1 saturated carbocycles. The molecule has 92 valence electrons. The summed E-state index contributed by atoms with van der Waals surface area (Å²) in [5, 5.41) is 10.9. The normalized spacial score (nSPS) is 16.6. The van der Waals surface area contributed by atoms with E-state index < -0.39 is 4.92 Å². The molecule has 0 spiro atoms. The molecule has 1 fully saturated rings. The minimum Gasteiger partial charge on any atom is -0.486 e. The number of benzene rings is 1. The molecule has 0 radical (unpaired) electrons. The number of nitro groups is 1. The molecule has 0 aromatic heterocycles. The summed E-state index contributed by atoms with van der Waals surface area (Å²) in [6.07, 6.45) is 2.17. The molecule has 1 aromatic carbocycles. The van der Waals surface area contributed by atoms with Crippen LogP contribution in [-0.2, 0) is 0 Å². The molecule has 0 atom stereocenters. The largest absolute Gasteiger partial charge is 0.486 e. The molecule has 1 aromatic rings. The molecule has 0 heterocycles. The van der Waals surface area contributed by atoms with Gasteiger partial charge in [0.15, 0.2) is 5.75 Å².